The first-order chi connectivity index (χ1) is 14.9. The van der Waals surface area contributed by atoms with Crippen LogP contribution in [-0.2, 0) is 6.18 Å². The van der Waals surface area contributed by atoms with E-state index in [1.807, 2.05) is 6.08 Å². The highest BCUT2D eigenvalue weighted by molar-refractivity contribution is 5.28. The topological polar surface area (TPSA) is 0 Å². The van der Waals surface area contributed by atoms with Crippen LogP contribution in [0.15, 0.2) is 36.9 Å². The molecular weight excluding hydrogens is 393 g/mol. The van der Waals surface area contributed by atoms with Gasteiger partial charge in [-0.3, -0.25) is 0 Å². The maximum absolute atomic E-state index is 12.9. The van der Waals surface area contributed by atoms with Crippen molar-refractivity contribution in [2.45, 2.75) is 102 Å². The zero-order chi connectivity index (χ0) is 22.3. The van der Waals surface area contributed by atoms with Gasteiger partial charge in [0.1, 0.15) is 0 Å². The summed E-state index contributed by atoms with van der Waals surface area (Å²) in [5, 5.41) is 0. The van der Waals surface area contributed by atoms with Crippen LogP contribution in [0.2, 0.25) is 0 Å². The van der Waals surface area contributed by atoms with E-state index in [9.17, 15) is 13.2 Å². The van der Waals surface area contributed by atoms with E-state index < -0.39 is 11.7 Å². The Hall–Kier alpha value is -1.25. The smallest absolute Gasteiger partial charge is 0.166 e. The Balaban J connectivity index is 1.51. The Morgan fingerprint density at radius 3 is 2.00 bits per heavy atom. The number of rotatable bonds is 9. The van der Waals surface area contributed by atoms with Gasteiger partial charge in [0.25, 0.3) is 0 Å². The molecule has 0 amide bonds. The van der Waals surface area contributed by atoms with Crippen LogP contribution in [0, 0.1) is 23.7 Å². The Kier molecular flexibility index (Phi) is 9.10. The summed E-state index contributed by atoms with van der Waals surface area (Å²) >= 11 is 0. The second-order valence-corrected chi connectivity index (χ2v) is 10.2. The molecule has 1 aromatic rings. The van der Waals surface area contributed by atoms with Crippen molar-refractivity contribution in [2.24, 2.45) is 23.7 Å². The fraction of sp³-hybridized carbons (Fsp3) is 0.714. The molecule has 1 atom stereocenters. The first-order valence-electron chi connectivity index (χ1n) is 12.7. The Labute approximate surface area is 187 Å². The van der Waals surface area contributed by atoms with Crippen LogP contribution in [-0.4, -0.2) is 0 Å². The zero-order valence-corrected chi connectivity index (χ0v) is 19.3. The minimum atomic E-state index is -4.26. The van der Waals surface area contributed by atoms with Gasteiger partial charge in [0.15, 0.2) is 0 Å². The summed E-state index contributed by atoms with van der Waals surface area (Å²) in [6.45, 7) is 6.20. The summed E-state index contributed by atoms with van der Waals surface area (Å²) < 4.78 is 38.8. The number of benzene rings is 1. The molecule has 3 rings (SSSR count). The van der Waals surface area contributed by atoms with Gasteiger partial charge in [-0.1, -0.05) is 63.7 Å². The lowest BCUT2D eigenvalue weighted by atomic mass is 9.66. The van der Waals surface area contributed by atoms with Crippen LogP contribution in [0.3, 0.4) is 0 Å². The molecule has 2 saturated carbocycles. The van der Waals surface area contributed by atoms with Crippen molar-refractivity contribution in [2.75, 3.05) is 0 Å². The molecule has 174 valence electrons. The van der Waals surface area contributed by atoms with Gasteiger partial charge in [0.05, 0.1) is 5.56 Å². The molecule has 3 heteroatoms. The SMILES string of the molecule is C=CCC(c1ccc(C(F)(F)F)cc1)C1CCC(C2CCC(CCCCC)CC2)CC1. The molecule has 0 radical (unpaired) electrons. The van der Waals surface area contributed by atoms with Crippen LogP contribution >= 0.6 is 0 Å². The van der Waals surface area contributed by atoms with E-state index in [-0.39, 0.29) is 0 Å². The predicted octanol–water partition coefficient (Wildman–Crippen LogP) is 9.56. The highest BCUT2D eigenvalue weighted by Crippen LogP contribution is 2.46. The molecule has 0 N–H and O–H groups in total. The Morgan fingerprint density at radius 1 is 0.903 bits per heavy atom. The largest absolute Gasteiger partial charge is 0.416 e. The Bertz CT molecular complexity index is 644. The van der Waals surface area contributed by atoms with Gasteiger partial charge in [-0.15, -0.1) is 6.58 Å². The number of alkyl halides is 3. The zero-order valence-electron chi connectivity index (χ0n) is 19.3. The molecule has 2 aliphatic carbocycles. The van der Waals surface area contributed by atoms with Gasteiger partial charge in [-0.05, 0) is 92.2 Å². The van der Waals surface area contributed by atoms with Gasteiger partial charge in [0.2, 0.25) is 0 Å². The molecule has 0 saturated heterocycles. The molecule has 0 bridgehead atoms. The molecule has 0 nitrogen and oxygen atoms in total. The van der Waals surface area contributed by atoms with Crippen molar-refractivity contribution in [3.8, 4) is 0 Å². The monoisotopic (exact) mass is 434 g/mol. The molecule has 0 aromatic heterocycles. The summed E-state index contributed by atoms with van der Waals surface area (Å²) in [6, 6.07) is 5.89. The number of allylic oxidation sites excluding steroid dienone is 1. The van der Waals surface area contributed by atoms with Crippen molar-refractivity contribution in [3.63, 3.8) is 0 Å². The average Bonchev–Trinajstić information content (AvgIpc) is 2.78. The number of halogens is 3. The molecule has 2 fully saturated rings. The summed E-state index contributed by atoms with van der Waals surface area (Å²) in [5.41, 5.74) is 0.492. The number of hydrogen-bond acceptors (Lipinski definition) is 0. The summed E-state index contributed by atoms with van der Waals surface area (Å²) in [6.07, 6.45) is 14.8. The summed E-state index contributed by atoms with van der Waals surface area (Å²) in [4.78, 5) is 0. The van der Waals surface area contributed by atoms with Crippen molar-refractivity contribution < 1.29 is 13.2 Å². The highest BCUT2D eigenvalue weighted by Gasteiger charge is 2.34. The van der Waals surface area contributed by atoms with Crippen LogP contribution in [0.25, 0.3) is 0 Å². The minimum absolute atomic E-state index is 0.301. The van der Waals surface area contributed by atoms with Crippen molar-refractivity contribution in [3.05, 3.63) is 48.0 Å². The fourth-order valence-corrected chi connectivity index (χ4v) is 6.35. The predicted molar refractivity (Wildman–Crippen MR) is 124 cm³/mol. The van der Waals surface area contributed by atoms with Crippen molar-refractivity contribution in [1.82, 2.24) is 0 Å². The molecule has 31 heavy (non-hydrogen) atoms. The van der Waals surface area contributed by atoms with Gasteiger partial charge in [-0.25, -0.2) is 0 Å². The van der Waals surface area contributed by atoms with Gasteiger partial charge >= 0.3 is 6.18 Å². The molecular formula is C28H41F3. The molecule has 1 aromatic carbocycles. The third-order valence-corrected chi connectivity index (χ3v) is 8.25. The maximum Gasteiger partial charge on any atom is 0.416 e. The lowest BCUT2D eigenvalue weighted by Gasteiger charge is -2.40. The average molecular weight is 435 g/mol. The van der Waals surface area contributed by atoms with E-state index >= 15 is 0 Å². The van der Waals surface area contributed by atoms with Crippen LogP contribution < -0.4 is 0 Å². The second kappa shape index (κ2) is 11.6. The summed E-state index contributed by atoms with van der Waals surface area (Å²) in [7, 11) is 0. The van der Waals surface area contributed by atoms with Gasteiger partial charge < -0.3 is 0 Å². The highest BCUT2D eigenvalue weighted by atomic mass is 19.4. The van der Waals surface area contributed by atoms with E-state index in [1.165, 1.54) is 89.2 Å². The lowest BCUT2D eigenvalue weighted by Crippen LogP contribution is -2.27. The molecule has 1 unspecified atom stereocenters. The molecule has 2 aliphatic rings. The standard InChI is InChI=1S/C28H41F3/c1-3-5-6-8-21-9-11-22(12-10-21)23-13-15-24(16-14-23)27(7-4-2)25-17-19-26(20-18-25)28(29,30)31/h4,17-24,27H,2-3,5-16H2,1H3. The number of hydrogen-bond donors (Lipinski definition) is 0. The maximum atomic E-state index is 12.9. The van der Waals surface area contributed by atoms with Crippen molar-refractivity contribution in [1.29, 1.82) is 0 Å². The molecule has 0 aliphatic heterocycles. The first kappa shape index (κ1) is 24.4. The fourth-order valence-electron chi connectivity index (χ4n) is 6.35. The third-order valence-electron chi connectivity index (χ3n) is 8.25. The van der Waals surface area contributed by atoms with Gasteiger partial charge in [-0.2, -0.15) is 13.2 Å². The Morgan fingerprint density at radius 2 is 1.48 bits per heavy atom. The van der Waals surface area contributed by atoms with Crippen LogP contribution in [0.1, 0.15) is 107 Å². The summed E-state index contributed by atoms with van der Waals surface area (Å²) in [5.74, 6) is 3.61. The van der Waals surface area contributed by atoms with Crippen LogP contribution in [0.4, 0.5) is 13.2 Å². The normalized spacial score (nSPS) is 28.3. The lowest BCUT2D eigenvalue weighted by molar-refractivity contribution is -0.137. The van der Waals surface area contributed by atoms with E-state index in [0.717, 1.165) is 29.7 Å². The van der Waals surface area contributed by atoms with E-state index in [1.54, 1.807) is 12.1 Å². The molecule has 0 heterocycles. The van der Waals surface area contributed by atoms with E-state index in [2.05, 4.69) is 13.5 Å². The van der Waals surface area contributed by atoms with Crippen molar-refractivity contribution >= 4 is 0 Å². The molecule has 0 spiro atoms. The third kappa shape index (κ3) is 6.86. The quantitative estimate of drug-likeness (QED) is 0.268. The first-order valence-corrected chi connectivity index (χ1v) is 12.7. The minimum Gasteiger partial charge on any atom is -0.166 e. The van der Waals surface area contributed by atoms with E-state index in [4.69, 9.17) is 0 Å². The number of unbranched alkanes of at least 4 members (excludes halogenated alkanes) is 2. The second-order valence-electron chi connectivity index (χ2n) is 10.2. The van der Waals surface area contributed by atoms with Gasteiger partial charge in [0, 0.05) is 0 Å². The van der Waals surface area contributed by atoms with Crippen LogP contribution in [0.5, 0.6) is 0 Å². The van der Waals surface area contributed by atoms with E-state index in [0.29, 0.717) is 11.8 Å².